The number of carbonyl (C=O) groups excluding carboxylic acids is 3. The lowest BCUT2D eigenvalue weighted by Crippen LogP contribution is -2.30. The van der Waals surface area contributed by atoms with Crippen molar-refractivity contribution in [1.82, 2.24) is 0 Å². The number of hydrogen-bond donors (Lipinski definition) is 0. The number of hydrogen-bond acceptors (Lipinski definition) is 6. The third kappa shape index (κ3) is 57.5. The van der Waals surface area contributed by atoms with E-state index in [2.05, 4.69) is 106 Å². The van der Waals surface area contributed by atoms with E-state index in [4.69, 9.17) is 14.2 Å². The van der Waals surface area contributed by atoms with Crippen LogP contribution in [0.3, 0.4) is 0 Å². The van der Waals surface area contributed by atoms with E-state index in [0.717, 1.165) is 109 Å². The van der Waals surface area contributed by atoms with Gasteiger partial charge >= 0.3 is 17.9 Å². The summed E-state index contributed by atoms with van der Waals surface area (Å²) in [5.41, 5.74) is 0. The zero-order chi connectivity index (χ0) is 52.2. The summed E-state index contributed by atoms with van der Waals surface area (Å²) in [4.78, 5) is 38.1. The Morgan fingerprint density at radius 2 is 0.569 bits per heavy atom. The largest absolute Gasteiger partial charge is 0.462 e. The molecular formula is C66H114O6. The van der Waals surface area contributed by atoms with E-state index in [1.54, 1.807) is 0 Å². The van der Waals surface area contributed by atoms with E-state index in [9.17, 15) is 14.4 Å². The Bertz CT molecular complexity index is 1380. The van der Waals surface area contributed by atoms with Gasteiger partial charge in [-0.2, -0.15) is 0 Å². The Morgan fingerprint density at radius 1 is 0.292 bits per heavy atom. The van der Waals surface area contributed by atoms with Crippen molar-refractivity contribution in [2.24, 2.45) is 0 Å². The number of unbranched alkanes of at least 4 members (excludes halogenated alkanes) is 30. The van der Waals surface area contributed by atoms with Crippen LogP contribution in [0.15, 0.2) is 85.1 Å². The Morgan fingerprint density at radius 3 is 0.944 bits per heavy atom. The highest BCUT2D eigenvalue weighted by atomic mass is 16.6. The predicted molar refractivity (Wildman–Crippen MR) is 311 cm³/mol. The average Bonchev–Trinajstić information content (AvgIpc) is 3.38. The van der Waals surface area contributed by atoms with Gasteiger partial charge < -0.3 is 14.2 Å². The van der Waals surface area contributed by atoms with Gasteiger partial charge in [0.1, 0.15) is 13.2 Å². The second kappa shape index (κ2) is 60.1. The minimum atomic E-state index is -0.802. The Hall–Kier alpha value is -3.41. The minimum Gasteiger partial charge on any atom is -0.462 e. The molecule has 414 valence electrons. The van der Waals surface area contributed by atoms with Crippen LogP contribution >= 0.6 is 0 Å². The molecule has 0 aromatic carbocycles. The number of ether oxygens (including phenoxy) is 3. The molecule has 0 amide bonds. The fourth-order valence-corrected chi connectivity index (χ4v) is 8.57. The molecule has 0 spiro atoms. The molecule has 0 N–H and O–H groups in total. The Labute approximate surface area is 445 Å². The zero-order valence-electron chi connectivity index (χ0n) is 47.4. The van der Waals surface area contributed by atoms with Gasteiger partial charge in [0.2, 0.25) is 0 Å². The number of allylic oxidation sites excluding steroid dienone is 14. The maximum atomic E-state index is 12.9. The van der Waals surface area contributed by atoms with Crippen LogP contribution in [0.2, 0.25) is 0 Å². The van der Waals surface area contributed by atoms with E-state index in [0.29, 0.717) is 19.3 Å². The van der Waals surface area contributed by atoms with Crippen molar-refractivity contribution in [2.45, 2.75) is 303 Å². The molecule has 0 bridgehead atoms. The molecule has 72 heavy (non-hydrogen) atoms. The molecule has 0 fully saturated rings. The molecule has 6 heteroatoms. The maximum absolute atomic E-state index is 12.9. The molecule has 0 aliphatic rings. The Balaban J connectivity index is 4.32. The first-order valence-electron chi connectivity index (χ1n) is 30.6. The van der Waals surface area contributed by atoms with Crippen LogP contribution in [0, 0.1) is 0 Å². The molecular weight excluding hydrogens is 889 g/mol. The smallest absolute Gasteiger partial charge is 0.306 e. The van der Waals surface area contributed by atoms with Crippen LogP contribution in [0.25, 0.3) is 0 Å². The van der Waals surface area contributed by atoms with E-state index in [1.807, 2.05) is 0 Å². The standard InChI is InChI=1S/C66H114O6/c1-4-7-10-13-16-19-22-24-26-28-30-32-33-35-36-38-40-42-44-47-50-53-56-59-65(68)71-62-63(61-70-64(67)58-55-52-49-46-21-18-15-12-9-6-3)72-66(69)60-57-54-51-48-45-43-41-39-37-34-31-29-27-25-23-20-17-14-11-8-5-2/h8,11-12,15,17,20,25,27,31,34,39,41,45,48,63H,4-7,9-10,13-14,16,18-19,21-24,26,28-30,32-33,35-38,40,42-44,46-47,49-62H2,1-3H3/b11-8-,15-12-,20-17-,27-25-,34-31-,41-39-,48-45-. The van der Waals surface area contributed by atoms with Crippen molar-refractivity contribution in [3.63, 3.8) is 0 Å². The van der Waals surface area contributed by atoms with Crippen LogP contribution in [0.1, 0.15) is 297 Å². The third-order valence-electron chi connectivity index (χ3n) is 13.1. The molecule has 1 unspecified atom stereocenters. The van der Waals surface area contributed by atoms with Gasteiger partial charge in [0, 0.05) is 19.3 Å². The maximum Gasteiger partial charge on any atom is 0.306 e. The van der Waals surface area contributed by atoms with Crippen molar-refractivity contribution < 1.29 is 28.6 Å². The molecule has 0 aromatic heterocycles. The summed E-state index contributed by atoms with van der Waals surface area (Å²) in [5.74, 6) is -0.941. The van der Waals surface area contributed by atoms with E-state index in [-0.39, 0.29) is 37.5 Å². The molecule has 0 saturated carbocycles. The SMILES string of the molecule is CC/C=C\C/C=C\C/C=C\C/C=C\C/C=C\C/C=C\CCCCC(=O)OC(COC(=O)CCCCCCC/C=C\CCC)COC(=O)CCCCCCCCCCCCCCCCCCCCCCCCC. The molecule has 0 aliphatic carbocycles. The summed E-state index contributed by atoms with van der Waals surface area (Å²) < 4.78 is 16.8. The molecule has 0 radical (unpaired) electrons. The van der Waals surface area contributed by atoms with Crippen molar-refractivity contribution in [2.75, 3.05) is 13.2 Å². The molecule has 0 aromatic rings. The van der Waals surface area contributed by atoms with Crippen molar-refractivity contribution >= 4 is 17.9 Å². The van der Waals surface area contributed by atoms with Crippen molar-refractivity contribution in [3.05, 3.63) is 85.1 Å². The van der Waals surface area contributed by atoms with Gasteiger partial charge in [-0.3, -0.25) is 14.4 Å². The van der Waals surface area contributed by atoms with Gasteiger partial charge in [-0.25, -0.2) is 0 Å². The first-order chi connectivity index (χ1) is 35.5. The topological polar surface area (TPSA) is 78.9 Å². The number of rotatable bonds is 55. The van der Waals surface area contributed by atoms with Gasteiger partial charge in [-0.05, 0) is 89.9 Å². The van der Waals surface area contributed by atoms with Crippen LogP contribution in [0.4, 0.5) is 0 Å². The highest BCUT2D eigenvalue weighted by Crippen LogP contribution is 2.17. The minimum absolute atomic E-state index is 0.0948. The average molecular weight is 1000 g/mol. The second-order valence-corrected chi connectivity index (χ2v) is 20.2. The van der Waals surface area contributed by atoms with E-state index < -0.39 is 6.10 Å². The molecule has 1 atom stereocenters. The van der Waals surface area contributed by atoms with Crippen LogP contribution < -0.4 is 0 Å². The quantitative estimate of drug-likeness (QED) is 0.0261. The van der Waals surface area contributed by atoms with E-state index >= 15 is 0 Å². The van der Waals surface area contributed by atoms with Crippen molar-refractivity contribution in [3.8, 4) is 0 Å². The van der Waals surface area contributed by atoms with E-state index in [1.165, 1.54) is 141 Å². The monoisotopic (exact) mass is 1000 g/mol. The van der Waals surface area contributed by atoms with Crippen molar-refractivity contribution in [1.29, 1.82) is 0 Å². The third-order valence-corrected chi connectivity index (χ3v) is 13.1. The summed E-state index contributed by atoms with van der Waals surface area (Å²) in [6.45, 7) is 6.45. The second-order valence-electron chi connectivity index (χ2n) is 20.2. The van der Waals surface area contributed by atoms with Gasteiger partial charge in [-0.1, -0.05) is 273 Å². The Kier molecular flexibility index (Phi) is 57.3. The van der Waals surface area contributed by atoms with Gasteiger partial charge in [0.25, 0.3) is 0 Å². The van der Waals surface area contributed by atoms with Gasteiger partial charge in [0.15, 0.2) is 6.10 Å². The van der Waals surface area contributed by atoms with Crippen LogP contribution in [0.5, 0.6) is 0 Å². The molecule has 6 nitrogen and oxygen atoms in total. The predicted octanol–water partition coefficient (Wildman–Crippen LogP) is 20.7. The fraction of sp³-hybridized carbons (Fsp3) is 0.742. The summed E-state index contributed by atoms with van der Waals surface area (Å²) in [6.07, 6.45) is 78.9. The lowest BCUT2D eigenvalue weighted by Gasteiger charge is -2.18. The zero-order valence-corrected chi connectivity index (χ0v) is 47.4. The summed E-state index contributed by atoms with van der Waals surface area (Å²) in [6, 6.07) is 0. The normalized spacial score (nSPS) is 12.7. The highest BCUT2D eigenvalue weighted by molar-refractivity contribution is 5.71. The molecule has 0 heterocycles. The lowest BCUT2D eigenvalue weighted by atomic mass is 10.0. The van der Waals surface area contributed by atoms with Gasteiger partial charge in [0.05, 0.1) is 0 Å². The van der Waals surface area contributed by atoms with Crippen LogP contribution in [-0.4, -0.2) is 37.2 Å². The fourth-order valence-electron chi connectivity index (χ4n) is 8.57. The summed E-state index contributed by atoms with van der Waals surface area (Å²) in [7, 11) is 0. The first kappa shape index (κ1) is 68.6. The molecule has 0 aliphatic heterocycles. The summed E-state index contributed by atoms with van der Waals surface area (Å²) >= 11 is 0. The number of esters is 3. The van der Waals surface area contributed by atoms with Crippen LogP contribution in [-0.2, 0) is 28.6 Å². The lowest BCUT2D eigenvalue weighted by molar-refractivity contribution is -0.167. The highest BCUT2D eigenvalue weighted by Gasteiger charge is 2.19. The molecule has 0 saturated heterocycles. The molecule has 0 rings (SSSR count). The van der Waals surface area contributed by atoms with Gasteiger partial charge in [-0.15, -0.1) is 0 Å². The number of carbonyl (C=O) groups is 3. The summed E-state index contributed by atoms with van der Waals surface area (Å²) in [5, 5.41) is 0. The first-order valence-corrected chi connectivity index (χ1v) is 30.6.